The lowest BCUT2D eigenvalue weighted by atomic mass is 9.99. The van der Waals surface area contributed by atoms with Crippen molar-refractivity contribution >= 4 is 5.97 Å². The first-order valence-corrected chi connectivity index (χ1v) is 6.10. The summed E-state index contributed by atoms with van der Waals surface area (Å²) in [5.74, 6) is -0.669. The number of hydrogen-bond donors (Lipinski definition) is 1. The minimum Gasteiger partial charge on any atom is -0.493 e. The van der Waals surface area contributed by atoms with Gasteiger partial charge in [0.05, 0.1) is 12.5 Å². The predicted molar refractivity (Wildman–Crippen MR) is 67.1 cm³/mol. The summed E-state index contributed by atoms with van der Waals surface area (Å²) >= 11 is 0. The summed E-state index contributed by atoms with van der Waals surface area (Å²) in [6.07, 6.45) is 1.41. The third kappa shape index (κ3) is 5.17. The second-order valence-corrected chi connectivity index (χ2v) is 4.69. The minimum atomic E-state index is -0.770. The highest BCUT2D eigenvalue weighted by atomic mass is 19.1. The van der Waals surface area contributed by atoms with Crippen LogP contribution in [0.5, 0.6) is 5.75 Å². The second kappa shape index (κ2) is 6.99. The Kier molecular flexibility index (Phi) is 5.62. The third-order valence-electron chi connectivity index (χ3n) is 2.84. The molecule has 4 heteroatoms. The number of ether oxygens (including phenoxy) is 1. The number of carboxylic acid groups (broad SMARTS) is 1. The number of rotatable bonds is 7. The van der Waals surface area contributed by atoms with Gasteiger partial charge in [-0.15, -0.1) is 0 Å². The highest BCUT2D eigenvalue weighted by Gasteiger charge is 2.13. The van der Waals surface area contributed by atoms with Gasteiger partial charge < -0.3 is 9.84 Å². The van der Waals surface area contributed by atoms with Gasteiger partial charge in [0, 0.05) is 6.07 Å². The lowest BCUT2D eigenvalue weighted by molar-refractivity contribution is -0.141. The molecule has 1 rings (SSSR count). The van der Waals surface area contributed by atoms with E-state index in [1.54, 1.807) is 19.1 Å². The molecular weight excluding hydrogens is 235 g/mol. The first-order valence-electron chi connectivity index (χ1n) is 6.10. The molecule has 100 valence electrons. The smallest absolute Gasteiger partial charge is 0.306 e. The standard InChI is InChI=1S/C14H19FO3/c1-10(6-7-11(2)14(16)17)9-18-13-5-3-4-12(15)8-13/h3-5,8,10-11H,6-7,9H2,1-2H3,(H,16,17). The van der Waals surface area contributed by atoms with Crippen LogP contribution < -0.4 is 4.74 Å². The molecule has 0 fully saturated rings. The SMILES string of the molecule is CC(CCC(C)C(=O)O)COc1cccc(F)c1. The Morgan fingerprint density at radius 1 is 1.39 bits per heavy atom. The van der Waals surface area contributed by atoms with Crippen LogP contribution in [0.1, 0.15) is 26.7 Å². The summed E-state index contributed by atoms with van der Waals surface area (Å²) in [6.45, 7) is 4.16. The summed E-state index contributed by atoms with van der Waals surface area (Å²) in [6, 6.07) is 6.01. The van der Waals surface area contributed by atoms with E-state index in [2.05, 4.69) is 0 Å². The lowest BCUT2D eigenvalue weighted by Gasteiger charge is -2.14. The quantitative estimate of drug-likeness (QED) is 0.811. The molecule has 0 saturated heterocycles. The van der Waals surface area contributed by atoms with Crippen molar-refractivity contribution in [1.29, 1.82) is 0 Å². The molecule has 0 aliphatic rings. The summed E-state index contributed by atoms with van der Waals surface area (Å²) in [5.41, 5.74) is 0. The molecule has 0 aromatic heterocycles. The monoisotopic (exact) mass is 254 g/mol. The Morgan fingerprint density at radius 2 is 2.11 bits per heavy atom. The van der Waals surface area contributed by atoms with Crippen LogP contribution in [0.4, 0.5) is 4.39 Å². The third-order valence-corrected chi connectivity index (χ3v) is 2.84. The van der Waals surface area contributed by atoms with E-state index in [-0.39, 0.29) is 17.7 Å². The van der Waals surface area contributed by atoms with Crippen molar-refractivity contribution in [3.8, 4) is 5.75 Å². The zero-order valence-electron chi connectivity index (χ0n) is 10.7. The van der Waals surface area contributed by atoms with Crippen molar-refractivity contribution in [2.45, 2.75) is 26.7 Å². The average molecular weight is 254 g/mol. The van der Waals surface area contributed by atoms with Gasteiger partial charge in [-0.1, -0.05) is 19.9 Å². The summed E-state index contributed by atoms with van der Waals surface area (Å²) in [5, 5.41) is 8.76. The Hall–Kier alpha value is -1.58. The molecule has 0 bridgehead atoms. The van der Waals surface area contributed by atoms with Gasteiger partial charge in [0.2, 0.25) is 0 Å². The number of halogens is 1. The Labute approximate surface area is 107 Å². The van der Waals surface area contributed by atoms with E-state index in [0.29, 0.717) is 18.8 Å². The Balaban J connectivity index is 2.29. The van der Waals surface area contributed by atoms with Crippen molar-refractivity contribution in [1.82, 2.24) is 0 Å². The van der Waals surface area contributed by atoms with E-state index < -0.39 is 5.97 Å². The first kappa shape index (κ1) is 14.5. The average Bonchev–Trinajstić information content (AvgIpc) is 2.33. The number of benzene rings is 1. The van der Waals surface area contributed by atoms with Crippen LogP contribution in [-0.2, 0) is 4.79 Å². The van der Waals surface area contributed by atoms with Crippen LogP contribution in [0.3, 0.4) is 0 Å². The van der Waals surface area contributed by atoms with Crippen molar-refractivity contribution < 1.29 is 19.0 Å². The van der Waals surface area contributed by atoms with E-state index in [4.69, 9.17) is 9.84 Å². The van der Waals surface area contributed by atoms with E-state index in [1.165, 1.54) is 12.1 Å². The van der Waals surface area contributed by atoms with Gasteiger partial charge in [0.1, 0.15) is 11.6 Å². The largest absolute Gasteiger partial charge is 0.493 e. The van der Waals surface area contributed by atoms with Crippen molar-refractivity contribution in [3.63, 3.8) is 0 Å². The van der Waals surface area contributed by atoms with Gasteiger partial charge in [-0.3, -0.25) is 4.79 Å². The molecule has 1 N–H and O–H groups in total. The number of carbonyl (C=O) groups is 1. The zero-order valence-corrected chi connectivity index (χ0v) is 10.7. The van der Waals surface area contributed by atoms with Crippen LogP contribution in [0, 0.1) is 17.7 Å². The van der Waals surface area contributed by atoms with Gasteiger partial charge in [0.25, 0.3) is 0 Å². The highest BCUT2D eigenvalue weighted by molar-refractivity contribution is 5.69. The van der Waals surface area contributed by atoms with Gasteiger partial charge in [-0.05, 0) is 30.9 Å². The Bertz CT molecular complexity index is 392. The zero-order chi connectivity index (χ0) is 13.5. The lowest BCUT2D eigenvalue weighted by Crippen LogP contribution is -2.14. The molecule has 2 unspecified atom stereocenters. The molecule has 2 atom stereocenters. The number of aliphatic carboxylic acids is 1. The maximum Gasteiger partial charge on any atom is 0.306 e. The summed E-state index contributed by atoms with van der Waals surface area (Å²) in [4.78, 5) is 10.7. The Morgan fingerprint density at radius 3 is 2.72 bits per heavy atom. The van der Waals surface area contributed by atoms with Crippen molar-refractivity contribution in [2.24, 2.45) is 11.8 Å². The second-order valence-electron chi connectivity index (χ2n) is 4.69. The molecule has 0 radical (unpaired) electrons. The van der Waals surface area contributed by atoms with Gasteiger partial charge in [-0.2, -0.15) is 0 Å². The fourth-order valence-electron chi connectivity index (χ4n) is 1.54. The first-order chi connectivity index (χ1) is 8.49. The van der Waals surface area contributed by atoms with E-state index in [9.17, 15) is 9.18 Å². The number of hydrogen-bond acceptors (Lipinski definition) is 2. The van der Waals surface area contributed by atoms with Crippen LogP contribution in [-0.4, -0.2) is 17.7 Å². The van der Waals surface area contributed by atoms with Gasteiger partial charge in [-0.25, -0.2) is 4.39 Å². The van der Waals surface area contributed by atoms with Crippen LogP contribution in [0.15, 0.2) is 24.3 Å². The fourth-order valence-corrected chi connectivity index (χ4v) is 1.54. The molecule has 1 aromatic carbocycles. The molecule has 3 nitrogen and oxygen atoms in total. The van der Waals surface area contributed by atoms with E-state index >= 15 is 0 Å². The molecule has 0 aliphatic carbocycles. The summed E-state index contributed by atoms with van der Waals surface area (Å²) < 4.78 is 18.3. The molecule has 0 spiro atoms. The molecule has 1 aromatic rings. The van der Waals surface area contributed by atoms with Gasteiger partial charge >= 0.3 is 5.97 Å². The minimum absolute atomic E-state index is 0.245. The molecule has 0 aliphatic heterocycles. The fraction of sp³-hybridized carbons (Fsp3) is 0.500. The van der Waals surface area contributed by atoms with Crippen LogP contribution >= 0.6 is 0 Å². The van der Waals surface area contributed by atoms with Crippen LogP contribution in [0.2, 0.25) is 0 Å². The molecular formula is C14H19FO3. The highest BCUT2D eigenvalue weighted by Crippen LogP contribution is 2.16. The molecule has 0 saturated carbocycles. The van der Waals surface area contributed by atoms with E-state index in [1.807, 2.05) is 6.92 Å². The van der Waals surface area contributed by atoms with E-state index in [0.717, 1.165) is 6.42 Å². The van der Waals surface area contributed by atoms with Crippen molar-refractivity contribution in [2.75, 3.05) is 6.61 Å². The molecule has 0 heterocycles. The topological polar surface area (TPSA) is 46.5 Å². The molecule has 0 amide bonds. The summed E-state index contributed by atoms with van der Waals surface area (Å²) in [7, 11) is 0. The predicted octanol–water partition coefficient (Wildman–Crippen LogP) is 3.34. The van der Waals surface area contributed by atoms with Crippen LogP contribution in [0.25, 0.3) is 0 Å². The molecule has 18 heavy (non-hydrogen) atoms. The maximum atomic E-state index is 12.9. The maximum absolute atomic E-state index is 12.9. The normalized spacial score (nSPS) is 13.9. The number of carboxylic acids is 1. The van der Waals surface area contributed by atoms with Gasteiger partial charge in [0.15, 0.2) is 0 Å². The van der Waals surface area contributed by atoms with Crippen molar-refractivity contribution in [3.05, 3.63) is 30.1 Å².